The van der Waals surface area contributed by atoms with Crippen LogP contribution in [0.1, 0.15) is 18.4 Å². The maximum atomic E-state index is 11.9. The summed E-state index contributed by atoms with van der Waals surface area (Å²) < 4.78 is 5.53. The van der Waals surface area contributed by atoms with Crippen molar-refractivity contribution in [3.05, 3.63) is 24.0 Å². The fourth-order valence-electron chi connectivity index (χ4n) is 1.88. The quantitative estimate of drug-likeness (QED) is 0.813. The van der Waals surface area contributed by atoms with Crippen LogP contribution < -0.4 is 11.1 Å². The summed E-state index contributed by atoms with van der Waals surface area (Å²) in [5.74, 6) is -0.114. The molecule has 0 aliphatic carbocycles. The number of aromatic nitrogens is 1. The van der Waals surface area contributed by atoms with Crippen molar-refractivity contribution in [3.8, 4) is 0 Å². The number of nitrogens with two attached hydrogens (primary N) is 1. The molecule has 2 rings (SSSR count). The topological polar surface area (TPSA) is 77.2 Å². The van der Waals surface area contributed by atoms with Crippen molar-refractivity contribution in [1.82, 2.24) is 4.98 Å². The first-order chi connectivity index (χ1) is 8.20. The molecule has 1 aromatic heterocycles. The Morgan fingerprint density at radius 1 is 1.65 bits per heavy atom. The lowest BCUT2D eigenvalue weighted by Crippen LogP contribution is -2.30. The van der Waals surface area contributed by atoms with Gasteiger partial charge in [0.25, 0.3) is 5.91 Å². The fraction of sp³-hybridized carbons (Fsp3) is 0.500. The number of hydrogen-bond donors (Lipinski definition) is 2. The molecule has 0 saturated carbocycles. The van der Waals surface area contributed by atoms with Gasteiger partial charge in [-0.15, -0.1) is 0 Å². The normalized spacial score (nSPS) is 23.6. The molecule has 0 radical (unpaired) electrons. The Hall–Kier alpha value is -1.46. The molecular formula is C12H17N3O2. The first-order valence-corrected chi connectivity index (χ1v) is 5.77. The largest absolute Gasteiger partial charge is 0.364 e. The molecule has 1 aromatic rings. The average Bonchev–Trinajstić information content (AvgIpc) is 2.81. The SMILES string of the molecule is Cc1ccncc1NC(=O)C1CCC(CN)O1. The van der Waals surface area contributed by atoms with Gasteiger partial charge in [-0.3, -0.25) is 9.78 Å². The van der Waals surface area contributed by atoms with Crippen LogP contribution in [0.2, 0.25) is 0 Å². The summed E-state index contributed by atoms with van der Waals surface area (Å²) in [4.78, 5) is 15.9. The summed E-state index contributed by atoms with van der Waals surface area (Å²) in [7, 11) is 0. The first-order valence-electron chi connectivity index (χ1n) is 5.77. The summed E-state index contributed by atoms with van der Waals surface area (Å²) >= 11 is 0. The highest BCUT2D eigenvalue weighted by molar-refractivity contribution is 5.94. The second-order valence-electron chi connectivity index (χ2n) is 4.24. The van der Waals surface area contributed by atoms with Gasteiger partial charge in [-0.05, 0) is 31.4 Å². The third-order valence-corrected chi connectivity index (χ3v) is 2.96. The third kappa shape index (κ3) is 2.81. The van der Waals surface area contributed by atoms with Crippen LogP contribution in [0.4, 0.5) is 5.69 Å². The summed E-state index contributed by atoms with van der Waals surface area (Å²) in [5, 5.41) is 2.83. The van der Waals surface area contributed by atoms with Crippen molar-refractivity contribution in [2.75, 3.05) is 11.9 Å². The number of hydrogen-bond acceptors (Lipinski definition) is 4. The highest BCUT2D eigenvalue weighted by Gasteiger charge is 2.29. The van der Waals surface area contributed by atoms with Gasteiger partial charge in [0.05, 0.1) is 18.0 Å². The molecule has 5 nitrogen and oxygen atoms in total. The molecular weight excluding hydrogens is 218 g/mol. The zero-order valence-electron chi connectivity index (χ0n) is 9.85. The van der Waals surface area contributed by atoms with Crippen LogP contribution in [-0.4, -0.2) is 29.6 Å². The van der Waals surface area contributed by atoms with E-state index in [0.717, 1.165) is 24.1 Å². The molecule has 0 aromatic carbocycles. The predicted molar refractivity (Wildman–Crippen MR) is 64.6 cm³/mol. The van der Waals surface area contributed by atoms with Gasteiger partial charge < -0.3 is 15.8 Å². The summed E-state index contributed by atoms with van der Waals surface area (Å²) in [6.07, 6.45) is 4.54. The number of nitrogens with one attached hydrogen (secondary N) is 1. The highest BCUT2D eigenvalue weighted by Crippen LogP contribution is 2.21. The van der Waals surface area contributed by atoms with Crippen LogP contribution in [-0.2, 0) is 9.53 Å². The maximum Gasteiger partial charge on any atom is 0.253 e. The number of aryl methyl sites for hydroxylation is 1. The number of nitrogens with zero attached hydrogens (tertiary/aromatic N) is 1. The van der Waals surface area contributed by atoms with E-state index in [9.17, 15) is 4.79 Å². The molecule has 1 aliphatic rings. The molecule has 5 heteroatoms. The lowest BCUT2D eigenvalue weighted by atomic mass is 10.2. The Bertz CT molecular complexity index is 408. The first kappa shape index (κ1) is 12.0. The number of anilines is 1. The number of carbonyl (C=O) groups is 1. The molecule has 2 heterocycles. The van der Waals surface area contributed by atoms with Gasteiger partial charge in [0.2, 0.25) is 0 Å². The van der Waals surface area contributed by atoms with Crippen molar-refractivity contribution in [1.29, 1.82) is 0 Å². The maximum absolute atomic E-state index is 11.9. The van der Waals surface area contributed by atoms with Gasteiger partial charge in [-0.1, -0.05) is 0 Å². The van der Waals surface area contributed by atoms with Gasteiger partial charge in [-0.2, -0.15) is 0 Å². The minimum atomic E-state index is -0.386. The van der Waals surface area contributed by atoms with Crippen LogP contribution in [0.3, 0.4) is 0 Å². The van der Waals surface area contributed by atoms with Gasteiger partial charge in [0, 0.05) is 12.7 Å². The van der Waals surface area contributed by atoms with E-state index in [1.807, 2.05) is 13.0 Å². The Balaban J connectivity index is 1.96. The lowest BCUT2D eigenvalue weighted by molar-refractivity contribution is -0.126. The van der Waals surface area contributed by atoms with E-state index in [0.29, 0.717) is 6.54 Å². The zero-order valence-corrected chi connectivity index (χ0v) is 9.85. The van der Waals surface area contributed by atoms with Crippen LogP contribution in [0.5, 0.6) is 0 Å². The third-order valence-electron chi connectivity index (χ3n) is 2.96. The molecule has 1 aliphatic heterocycles. The smallest absolute Gasteiger partial charge is 0.253 e. The van der Waals surface area contributed by atoms with Crippen LogP contribution in [0.25, 0.3) is 0 Å². The van der Waals surface area contributed by atoms with Gasteiger partial charge in [0.1, 0.15) is 6.10 Å². The lowest BCUT2D eigenvalue weighted by Gasteiger charge is -2.13. The van der Waals surface area contributed by atoms with Crippen molar-refractivity contribution < 1.29 is 9.53 Å². The number of pyridine rings is 1. The van der Waals surface area contributed by atoms with Crippen LogP contribution in [0.15, 0.2) is 18.5 Å². The number of amides is 1. The minimum absolute atomic E-state index is 0.0146. The molecule has 92 valence electrons. The summed E-state index contributed by atoms with van der Waals surface area (Å²) in [6.45, 7) is 2.39. The van der Waals surface area contributed by atoms with Crippen LogP contribution >= 0.6 is 0 Å². The average molecular weight is 235 g/mol. The van der Waals surface area contributed by atoms with Gasteiger partial charge >= 0.3 is 0 Å². The molecule has 2 atom stereocenters. The molecule has 1 amide bonds. The Labute approximate surface area is 100 Å². The number of carbonyl (C=O) groups excluding carboxylic acids is 1. The van der Waals surface area contributed by atoms with E-state index in [2.05, 4.69) is 10.3 Å². The Morgan fingerprint density at radius 3 is 3.12 bits per heavy atom. The molecule has 1 saturated heterocycles. The molecule has 17 heavy (non-hydrogen) atoms. The second-order valence-corrected chi connectivity index (χ2v) is 4.24. The molecule has 0 bridgehead atoms. The zero-order chi connectivity index (χ0) is 12.3. The Morgan fingerprint density at radius 2 is 2.47 bits per heavy atom. The van der Waals surface area contributed by atoms with Crippen molar-refractivity contribution in [3.63, 3.8) is 0 Å². The van der Waals surface area contributed by atoms with Crippen molar-refractivity contribution in [2.24, 2.45) is 5.73 Å². The van der Waals surface area contributed by atoms with E-state index in [-0.39, 0.29) is 18.1 Å². The molecule has 1 fully saturated rings. The predicted octanol–water partition coefficient (Wildman–Crippen LogP) is 0.835. The van der Waals surface area contributed by atoms with Gasteiger partial charge in [0.15, 0.2) is 0 Å². The van der Waals surface area contributed by atoms with E-state index in [1.54, 1.807) is 12.4 Å². The van der Waals surface area contributed by atoms with Crippen molar-refractivity contribution >= 4 is 11.6 Å². The van der Waals surface area contributed by atoms with E-state index in [4.69, 9.17) is 10.5 Å². The highest BCUT2D eigenvalue weighted by atomic mass is 16.5. The standard InChI is InChI=1S/C12H17N3O2/c1-8-4-5-14-7-10(8)15-12(16)11-3-2-9(6-13)17-11/h4-5,7,9,11H,2-3,6,13H2,1H3,(H,15,16). The van der Waals surface area contributed by atoms with Crippen molar-refractivity contribution in [2.45, 2.75) is 32.0 Å². The Kier molecular flexibility index (Phi) is 3.71. The molecule has 3 N–H and O–H groups in total. The minimum Gasteiger partial charge on any atom is -0.364 e. The fourth-order valence-corrected chi connectivity index (χ4v) is 1.88. The van der Waals surface area contributed by atoms with E-state index in [1.165, 1.54) is 0 Å². The monoisotopic (exact) mass is 235 g/mol. The number of rotatable bonds is 3. The number of ether oxygens (including phenoxy) is 1. The summed E-state index contributed by atoms with van der Waals surface area (Å²) in [5.41, 5.74) is 7.23. The van der Waals surface area contributed by atoms with Crippen LogP contribution in [0, 0.1) is 6.92 Å². The molecule has 0 spiro atoms. The van der Waals surface area contributed by atoms with E-state index < -0.39 is 0 Å². The molecule has 2 unspecified atom stereocenters. The second kappa shape index (κ2) is 5.25. The van der Waals surface area contributed by atoms with Gasteiger partial charge in [-0.25, -0.2) is 0 Å². The summed E-state index contributed by atoms with van der Waals surface area (Å²) in [6, 6.07) is 1.85. The van der Waals surface area contributed by atoms with E-state index >= 15 is 0 Å².